The molecule has 2 aromatic rings. The number of unbranched alkanes of at least 4 members (excludes halogenated alkanes) is 5. The molecule has 1 aliphatic rings. The van der Waals surface area contributed by atoms with Crippen molar-refractivity contribution in [3.05, 3.63) is 30.6 Å². The SMILES string of the molecule is O=C(O)C1(CCCCCCCCOc2ccc(-c3ccn[nH]3)nc2)CCOCC1. The molecule has 3 rings (SSSR count). The van der Waals surface area contributed by atoms with Gasteiger partial charge in [0.25, 0.3) is 0 Å². The summed E-state index contributed by atoms with van der Waals surface area (Å²) in [4.78, 5) is 16.0. The average Bonchev–Trinajstić information content (AvgIpc) is 3.28. The van der Waals surface area contributed by atoms with Crippen LogP contribution in [0.1, 0.15) is 57.8 Å². The molecule has 1 fully saturated rings. The Labute approximate surface area is 171 Å². The quantitative estimate of drug-likeness (QED) is 0.510. The smallest absolute Gasteiger partial charge is 0.309 e. The number of H-pyrrole nitrogens is 1. The second-order valence-electron chi connectivity index (χ2n) is 7.77. The standard InChI is InChI=1S/C22H31N3O4/c26-21(27)22(11-15-28-16-12-22)10-5-3-1-2-4-6-14-29-18-7-8-19(23-17-18)20-9-13-24-25-20/h7-9,13,17H,1-6,10-12,14-16H2,(H,24,25)(H,26,27). The Morgan fingerprint density at radius 3 is 2.52 bits per heavy atom. The molecule has 0 bridgehead atoms. The summed E-state index contributed by atoms with van der Waals surface area (Å²) < 4.78 is 11.1. The Balaban J connectivity index is 1.23. The number of carboxylic acids is 1. The Bertz CT molecular complexity index is 725. The number of aromatic amines is 1. The number of carbonyl (C=O) groups is 1. The van der Waals surface area contributed by atoms with Crippen molar-refractivity contribution in [1.82, 2.24) is 15.2 Å². The molecule has 0 radical (unpaired) electrons. The summed E-state index contributed by atoms with van der Waals surface area (Å²) in [6.07, 6.45) is 12.0. The van der Waals surface area contributed by atoms with Crippen LogP contribution in [0.5, 0.6) is 5.75 Å². The maximum atomic E-state index is 11.6. The summed E-state index contributed by atoms with van der Waals surface area (Å²) in [6.45, 7) is 1.84. The van der Waals surface area contributed by atoms with Crippen molar-refractivity contribution in [1.29, 1.82) is 0 Å². The number of hydrogen-bond acceptors (Lipinski definition) is 5. The number of pyridine rings is 1. The van der Waals surface area contributed by atoms with Crippen LogP contribution in [0.25, 0.3) is 11.4 Å². The highest BCUT2D eigenvalue weighted by Gasteiger charge is 2.39. The van der Waals surface area contributed by atoms with Crippen molar-refractivity contribution < 1.29 is 19.4 Å². The van der Waals surface area contributed by atoms with E-state index in [1.807, 2.05) is 18.2 Å². The van der Waals surface area contributed by atoms with Crippen LogP contribution in [0, 0.1) is 5.41 Å². The van der Waals surface area contributed by atoms with E-state index in [2.05, 4.69) is 15.2 Å². The number of ether oxygens (including phenoxy) is 2. The molecule has 0 amide bonds. The topological polar surface area (TPSA) is 97.3 Å². The minimum Gasteiger partial charge on any atom is -0.492 e. The summed E-state index contributed by atoms with van der Waals surface area (Å²) in [6, 6.07) is 5.73. The fourth-order valence-electron chi connectivity index (χ4n) is 3.82. The van der Waals surface area contributed by atoms with Crippen molar-refractivity contribution in [2.75, 3.05) is 19.8 Å². The molecule has 7 nitrogen and oxygen atoms in total. The van der Waals surface area contributed by atoms with Crippen molar-refractivity contribution in [3.8, 4) is 17.1 Å². The number of aliphatic carboxylic acids is 1. The van der Waals surface area contributed by atoms with E-state index in [0.717, 1.165) is 62.1 Å². The van der Waals surface area contributed by atoms with Crippen molar-refractivity contribution in [3.63, 3.8) is 0 Å². The maximum absolute atomic E-state index is 11.6. The molecule has 1 aliphatic heterocycles. The fraction of sp³-hybridized carbons (Fsp3) is 0.591. The summed E-state index contributed by atoms with van der Waals surface area (Å²) in [7, 11) is 0. The fourth-order valence-corrected chi connectivity index (χ4v) is 3.82. The van der Waals surface area contributed by atoms with Gasteiger partial charge in [0.2, 0.25) is 0 Å². The van der Waals surface area contributed by atoms with E-state index < -0.39 is 11.4 Å². The second kappa shape index (κ2) is 11.0. The molecule has 0 unspecified atom stereocenters. The van der Waals surface area contributed by atoms with Gasteiger partial charge in [-0.25, -0.2) is 0 Å². The van der Waals surface area contributed by atoms with Crippen molar-refractivity contribution >= 4 is 5.97 Å². The molecule has 2 N–H and O–H groups in total. The minimum atomic E-state index is -0.648. The lowest BCUT2D eigenvalue weighted by Crippen LogP contribution is -2.37. The zero-order valence-electron chi connectivity index (χ0n) is 16.9. The predicted molar refractivity (Wildman–Crippen MR) is 110 cm³/mol. The number of nitrogens with zero attached hydrogens (tertiary/aromatic N) is 2. The molecule has 0 saturated carbocycles. The summed E-state index contributed by atoms with van der Waals surface area (Å²) in [5.74, 6) is 0.133. The number of hydrogen-bond donors (Lipinski definition) is 2. The highest BCUT2D eigenvalue weighted by atomic mass is 16.5. The van der Waals surface area contributed by atoms with Crippen LogP contribution < -0.4 is 4.74 Å². The number of rotatable bonds is 12. The normalized spacial score (nSPS) is 15.9. The zero-order valence-corrected chi connectivity index (χ0v) is 16.9. The van der Waals surface area contributed by atoms with Crippen LogP contribution >= 0.6 is 0 Å². The van der Waals surface area contributed by atoms with Gasteiger partial charge in [-0.2, -0.15) is 5.10 Å². The lowest BCUT2D eigenvalue weighted by atomic mass is 9.76. The van der Waals surface area contributed by atoms with E-state index >= 15 is 0 Å². The third-order valence-electron chi connectivity index (χ3n) is 5.74. The molecule has 3 heterocycles. The van der Waals surface area contributed by atoms with Crippen LogP contribution in [0.15, 0.2) is 30.6 Å². The summed E-state index contributed by atoms with van der Waals surface area (Å²) >= 11 is 0. The largest absolute Gasteiger partial charge is 0.492 e. The first kappa shape index (κ1) is 21.3. The molecule has 0 atom stereocenters. The Kier molecular flexibility index (Phi) is 8.04. The van der Waals surface area contributed by atoms with Gasteiger partial charge in [0.1, 0.15) is 5.75 Å². The minimum absolute atomic E-state index is 0.549. The van der Waals surface area contributed by atoms with Gasteiger partial charge in [-0.15, -0.1) is 0 Å². The number of carboxylic acid groups (broad SMARTS) is 1. The molecule has 0 aromatic carbocycles. The van der Waals surface area contributed by atoms with Crippen LogP contribution in [0.3, 0.4) is 0 Å². The van der Waals surface area contributed by atoms with Crippen LogP contribution in [-0.2, 0) is 9.53 Å². The molecule has 0 aliphatic carbocycles. The first-order chi connectivity index (χ1) is 14.2. The first-order valence-corrected chi connectivity index (χ1v) is 10.6. The van der Waals surface area contributed by atoms with E-state index in [4.69, 9.17) is 9.47 Å². The highest BCUT2D eigenvalue weighted by Crippen LogP contribution is 2.36. The Morgan fingerprint density at radius 1 is 1.10 bits per heavy atom. The van der Waals surface area contributed by atoms with E-state index in [9.17, 15) is 9.90 Å². The second-order valence-corrected chi connectivity index (χ2v) is 7.77. The molecular formula is C22H31N3O4. The summed E-state index contributed by atoms with van der Waals surface area (Å²) in [5.41, 5.74) is 1.19. The van der Waals surface area contributed by atoms with E-state index in [0.29, 0.717) is 32.7 Å². The third-order valence-corrected chi connectivity index (χ3v) is 5.74. The lowest BCUT2D eigenvalue weighted by molar-refractivity contribution is -0.155. The van der Waals surface area contributed by atoms with Gasteiger partial charge in [-0.1, -0.05) is 32.1 Å². The van der Waals surface area contributed by atoms with Gasteiger partial charge in [-0.05, 0) is 43.9 Å². The van der Waals surface area contributed by atoms with Crippen molar-refractivity contribution in [2.24, 2.45) is 5.41 Å². The molecular weight excluding hydrogens is 370 g/mol. The molecule has 7 heteroatoms. The van der Waals surface area contributed by atoms with E-state index in [1.54, 1.807) is 12.4 Å². The number of nitrogens with one attached hydrogen (secondary N) is 1. The average molecular weight is 402 g/mol. The molecule has 29 heavy (non-hydrogen) atoms. The molecule has 1 saturated heterocycles. The zero-order chi connectivity index (χ0) is 20.4. The van der Waals surface area contributed by atoms with Gasteiger partial charge in [0.15, 0.2) is 0 Å². The van der Waals surface area contributed by atoms with Gasteiger partial charge < -0.3 is 14.6 Å². The van der Waals surface area contributed by atoms with Crippen LogP contribution in [-0.4, -0.2) is 46.1 Å². The van der Waals surface area contributed by atoms with E-state index in [1.165, 1.54) is 0 Å². The van der Waals surface area contributed by atoms with E-state index in [-0.39, 0.29) is 0 Å². The Morgan fingerprint density at radius 2 is 1.86 bits per heavy atom. The van der Waals surface area contributed by atoms with Crippen LogP contribution in [0.4, 0.5) is 0 Å². The molecule has 2 aromatic heterocycles. The van der Waals surface area contributed by atoms with Gasteiger partial charge in [0.05, 0.1) is 29.6 Å². The predicted octanol–water partition coefficient (Wildman–Crippen LogP) is 4.46. The molecule has 0 spiro atoms. The van der Waals surface area contributed by atoms with Gasteiger partial charge >= 0.3 is 5.97 Å². The first-order valence-electron chi connectivity index (χ1n) is 10.6. The van der Waals surface area contributed by atoms with Crippen LogP contribution in [0.2, 0.25) is 0 Å². The number of aromatic nitrogens is 3. The highest BCUT2D eigenvalue weighted by molar-refractivity contribution is 5.74. The van der Waals surface area contributed by atoms with Gasteiger partial charge in [-0.3, -0.25) is 14.9 Å². The van der Waals surface area contributed by atoms with Gasteiger partial charge in [0, 0.05) is 19.4 Å². The maximum Gasteiger partial charge on any atom is 0.309 e. The monoisotopic (exact) mass is 401 g/mol. The Hall–Kier alpha value is -2.41. The third kappa shape index (κ3) is 6.29. The molecule has 158 valence electrons. The lowest BCUT2D eigenvalue weighted by Gasteiger charge is -2.33. The summed E-state index contributed by atoms with van der Waals surface area (Å²) in [5, 5.41) is 16.4. The van der Waals surface area contributed by atoms with Crippen molar-refractivity contribution in [2.45, 2.75) is 57.8 Å².